The second-order valence-corrected chi connectivity index (χ2v) is 11.2. The fraction of sp³-hybridized carbons (Fsp3) is 1.00. The van der Waals surface area contributed by atoms with Crippen molar-refractivity contribution in [2.75, 3.05) is 38.4 Å². The number of methoxy groups -OCH3 is 1. The molecule has 0 aromatic carbocycles. The van der Waals surface area contributed by atoms with Gasteiger partial charge in [-0.1, -0.05) is 46.5 Å². The van der Waals surface area contributed by atoms with Crippen LogP contribution in [0.4, 0.5) is 0 Å². The molecule has 0 aromatic rings. The molecule has 22 heavy (non-hydrogen) atoms. The molecule has 0 bridgehead atoms. The van der Waals surface area contributed by atoms with Crippen molar-refractivity contribution in [2.24, 2.45) is 0 Å². The van der Waals surface area contributed by atoms with Gasteiger partial charge in [-0.15, -0.1) is 0 Å². The summed E-state index contributed by atoms with van der Waals surface area (Å²) in [7, 11) is 1.18. The summed E-state index contributed by atoms with van der Waals surface area (Å²) in [4.78, 5) is 0. The molecule has 0 radical (unpaired) electrons. The molecular formula is C19H42BrOP. The van der Waals surface area contributed by atoms with Crippen molar-refractivity contribution in [2.45, 2.75) is 85.0 Å². The topological polar surface area (TPSA) is 9.23 Å². The van der Waals surface area contributed by atoms with Crippen molar-refractivity contribution >= 4 is 7.26 Å². The van der Waals surface area contributed by atoms with E-state index in [4.69, 9.17) is 4.74 Å². The average molecular weight is 397 g/mol. The van der Waals surface area contributed by atoms with Crippen molar-refractivity contribution in [3.63, 3.8) is 0 Å². The molecule has 0 saturated heterocycles. The third kappa shape index (κ3) is 13.3. The first-order valence-electron chi connectivity index (χ1n) is 9.58. The number of hydrogen-bond acceptors (Lipinski definition) is 1. The van der Waals surface area contributed by atoms with E-state index in [2.05, 4.69) is 20.8 Å². The lowest BCUT2D eigenvalue weighted by Gasteiger charge is -2.28. The summed E-state index contributed by atoms with van der Waals surface area (Å²) < 4.78 is 5.16. The zero-order chi connectivity index (χ0) is 15.8. The monoisotopic (exact) mass is 396 g/mol. The van der Waals surface area contributed by atoms with Crippen LogP contribution in [0.25, 0.3) is 0 Å². The van der Waals surface area contributed by atoms with Gasteiger partial charge in [0.25, 0.3) is 0 Å². The molecule has 0 saturated carbocycles. The molecule has 0 N–H and O–H groups in total. The van der Waals surface area contributed by atoms with Gasteiger partial charge in [-0.3, -0.25) is 0 Å². The highest BCUT2D eigenvalue weighted by atomic mass is 79.9. The Morgan fingerprint density at radius 2 is 1.00 bits per heavy atom. The van der Waals surface area contributed by atoms with Crippen LogP contribution in [-0.4, -0.2) is 38.4 Å². The summed E-state index contributed by atoms with van der Waals surface area (Å²) in [6, 6.07) is 0. The molecule has 0 aliphatic carbocycles. The molecule has 0 atom stereocenters. The Hall–Kier alpha value is 0.870. The Morgan fingerprint density at radius 1 is 0.591 bits per heavy atom. The van der Waals surface area contributed by atoms with Crippen LogP contribution in [0.2, 0.25) is 0 Å². The maximum Gasteiger partial charge on any atom is 0.0594 e. The second kappa shape index (κ2) is 18.2. The zero-order valence-electron chi connectivity index (χ0n) is 15.8. The molecule has 0 aliphatic rings. The van der Waals surface area contributed by atoms with Crippen LogP contribution >= 0.6 is 7.26 Å². The summed E-state index contributed by atoms with van der Waals surface area (Å²) in [6.07, 6.45) is 20.4. The molecule has 136 valence electrons. The summed E-state index contributed by atoms with van der Waals surface area (Å²) in [5, 5.41) is 0. The van der Waals surface area contributed by atoms with E-state index in [1.54, 1.807) is 24.6 Å². The number of hydrogen-bond donors (Lipinski definition) is 0. The van der Waals surface area contributed by atoms with Crippen LogP contribution in [0.1, 0.15) is 85.0 Å². The minimum atomic E-state index is -0.633. The van der Waals surface area contributed by atoms with Gasteiger partial charge < -0.3 is 21.7 Å². The van der Waals surface area contributed by atoms with Gasteiger partial charge in [-0.05, 0) is 38.5 Å². The number of unbranched alkanes of at least 4 members (excludes halogenated alkanes) is 6. The lowest BCUT2D eigenvalue weighted by molar-refractivity contribution is -0.00000522. The normalized spacial score (nSPS) is 11.5. The van der Waals surface area contributed by atoms with Gasteiger partial charge in [0.1, 0.15) is 0 Å². The molecule has 0 heterocycles. The second-order valence-electron chi connectivity index (χ2n) is 6.70. The molecule has 3 heteroatoms. The molecule has 0 aromatic heterocycles. The molecule has 0 amide bonds. The minimum absolute atomic E-state index is 0. The van der Waals surface area contributed by atoms with Crippen LogP contribution in [0, 0.1) is 0 Å². The number of rotatable bonds is 16. The highest BCUT2D eigenvalue weighted by Crippen LogP contribution is 2.61. The van der Waals surface area contributed by atoms with Crippen LogP contribution < -0.4 is 17.0 Å². The first kappa shape index (κ1) is 25.1. The van der Waals surface area contributed by atoms with Crippen molar-refractivity contribution < 1.29 is 21.7 Å². The Morgan fingerprint density at radius 3 is 1.41 bits per heavy atom. The number of ether oxygens (including phenoxy) is 1. The van der Waals surface area contributed by atoms with Crippen molar-refractivity contribution in [1.82, 2.24) is 0 Å². The number of halogens is 1. The van der Waals surface area contributed by atoms with E-state index in [0.29, 0.717) is 0 Å². The fourth-order valence-corrected chi connectivity index (χ4v) is 8.40. The lowest BCUT2D eigenvalue weighted by atomic mass is 10.2. The largest absolute Gasteiger partial charge is 1.00 e. The van der Waals surface area contributed by atoms with Gasteiger partial charge in [-0.25, -0.2) is 0 Å². The predicted octanol–water partition coefficient (Wildman–Crippen LogP) is 3.62. The SMILES string of the molecule is CCCC[P+](CCCC)(CCCC)CCCCCCOC.[Br-]. The van der Waals surface area contributed by atoms with Crippen LogP contribution in [0.3, 0.4) is 0 Å². The third-order valence-electron chi connectivity index (χ3n) is 4.69. The van der Waals surface area contributed by atoms with E-state index in [1.165, 1.54) is 64.2 Å². The lowest BCUT2D eigenvalue weighted by Crippen LogP contribution is -3.00. The van der Waals surface area contributed by atoms with E-state index < -0.39 is 7.26 Å². The van der Waals surface area contributed by atoms with Crippen molar-refractivity contribution in [1.29, 1.82) is 0 Å². The van der Waals surface area contributed by atoms with E-state index in [0.717, 1.165) is 6.61 Å². The first-order chi connectivity index (χ1) is 10.2. The predicted molar refractivity (Wildman–Crippen MR) is 101 cm³/mol. The van der Waals surface area contributed by atoms with Gasteiger partial charge in [0.2, 0.25) is 0 Å². The minimum Gasteiger partial charge on any atom is -1.00 e. The van der Waals surface area contributed by atoms with Crippen LogP contribution in [0.15, 0.2) is 0 Å². The Labute approximate surface area is 152 Å². The summed E-state index contributed by atoms with van der Waals surface area (Å²) in [6.45, 7) is 8.03. The zero-order valence-corrected chi connectivity index (χ0v) is 18.3. The smallest absolute Gasteiger partial charge is 0.0594 e. The third-order valence-corrected chi connectivity index (χ3v) is 9.75. The maximum absolute atomic E-state index is 5.16. The molecule has 0 rings (SSSR count). The Bertz CT molecular complexity index is 190. The molecule has 0 aliphatic heterocycles. The summed E-state index contributed by atoms with van der Waals surface area (Å²) in [5.41, 5.74) is 0. The van der Waals surface area contributed by atoms with E-state index in [-0.39, 0.29) is 17.0 Å². The molecule has 0 unspecified atom stereocenters. The molecular weight excluding hydrogens is 355 g/mol. The molecule has 0 spiro atoms. The van der Waals surface area contributed by atoms with E-state index in [1.807, 2.05) is 7.11 Å². The van der Waals surface area contributed by atoms with Crippen molar-refractivity contribution in [3.8, 4) is 0 Å². The first-order valence-corrected chi connectivity index (χ1v) is 12.1. The quantitative estimate of drug-likeness (QED) is 0.286. The standard InChI is InChI=1S/C19H42OP.BrH/c1-5-8-16-21(17-9-6-2,18-10-7-3)19-14-12-11-13-15-20-4;/h5-19H2,1-4H3;1H/q+1;/p-1. The van der Waals surface area contributed by atoms with Gasteiger partial charge >= 0.3 is 0 Å². The van der Waals surface area contributed by atoms with Gasteiger partial charge in [0.15, 0.2) is 0 Å². The highest BCUT2D eigenvalue weighted by Gasteiger charge is 2.34. The maximum atomic E-state index is 5.16. The van der Waals surface area contributed by atoms with E-state index in [9.17, 15) is 0 Å². The van der Waals surface area contributed by atoms with Crippen LogP contribution in [0.5, 0.6) is 0 Å². The Kier molecular flexibility index (Phi) is 20.8. The van der Waals surface area contributed by atoms with Crippen LogP contribution in [-0.2, 0) is 4.74 Å². The van der Waals surface area contributed by atoms with Crippen molar-refractivity contribution in [3.05, 3.63) is 0 Å². The highest BCUT2D eigenvalue weighted by molar-refractivity contribution is 7.75. The Balaban J connectivity index is 0. The molecule has 1 nitrogen and oxygen atoms in total. The summed E-state index contributed by atoms with van der Waals surface area (Å²) >= 11 is 0. The van der Waals surface area contributed by atoms with E-state index >= 15 is 0 Å². The van der Waals surface area contributed by atoms with Gasteiger partial charge in [0.05, 0.1) is 24.6 Å². The average Bonchev–Trinajstić information content (AvgIpc) is 2.51. The molecule has 0 fully saturated rings. The van der Waals surface area contributed by atoms with Gasteiger partial charge in [-0.2, -0.15) is 0 Å². The fourth-order valence-electron chi connectivity index (χ4n) is 3.20. The summed E-state index contributed by atoms with van der Waals surface area (Å²) in [5.74, 6) is 0. The van der Waals surface area contributed by atoms with Gasteiger partial charge in [0, 0.05) is 21.0 Å².